The van der Waals surface area contributed by atoms with Gasteiger partial charge >= 0.3 is 136 Å². The summed E-state index contributed by atoms with van der Waals surface area (Å²) >= 11 is 0. The second-order valence-corrected chi connectivity index (χ2v) is 4.99. The molecule has 0 aliphatic carbocycles. The van der Waals surface area contributed by atoms with Crippen molar-refractivity contribution in [1.29, 1.82) is 0 Å². The van der Waals surface area contributed by atoms with Crippen molar-refractivity contribution in [3.05, 3.63) is 72.8 Å². The zero-order chi connectivity index (χ0) is 17.5. The van der Waals surface area contributed by atoms with Gasteiger partial charge in [0.2, 0.25) is 0 Å². The molecule has 0 aliphatic heterocycles. The summed E-state index contributed by atoms with van der Waals surface area (Å²) in [5.74, 6) is 0. The topological polar surface area (TPSA) is 172 Å². The van der Waals surface area contributed by atoms with Gasteiger partial charge in [-0.2, -0.15) is 15.6 Å². The number of rotatable bonds is 0. The van der Waals surface area contributed by atoms with Crippen molar-refractivity contribution < 1.29 is 38.5 Å². The SMILES string of the molecule is O=P([O-])([O-])[O-].O=P([O-])([O-])[O-].[Sr+2].[Sr+2].[Sr+2].c1ccccc1.c1ccccc1. The Kier molecular flexibility index (Phi) is 38.9. The van der Waals surface area contributed by atoms with Gasteiger partial charge in [0.25, 0.3) is 0 Å². The predicted octanol–water partition coefficient (Wildman–Crippen LogP) is -3.42. The summed E-state index contributed by atoms with van der Waals surface area (Å²) in [7, 11) is -10.8. The summed E-state index contributed by atoms with van der Waals surface area (Å²) in [6.07, 6.45) is 0. The molecule has 0 radical (unpaired) electrons. The van der Waals surface area contributed by atoms with E-state index >= 15 is 0 Å². The second-order valence-electron chi connectivity index (χ2n) is 3.20. The minimum Gasteiger partial charge on any atom is -0.822 e. The van der Waals surface area contributed by atoms with Crippen molar-refractivity contribution in [2.75, 3.05) is 0 Å². The molecule has 0 spiro atoms. The quantitative estimate of drug-likeness (QED) is 0.220. The van der Waals surface area contributed by atoms with E-state index in [1.807, 2.05) is 72.8 Å². The van der Waals surface area contributed by atoms with Gasteiger partial charge in [-0.05, 0) is 0 Å². The molecule has 124 valence electrons. The van der Waals surface area contributed by atoms with Crippen molar-refractivity contribution in [3.8, 4) is 0 Å². The van der Waals surface area contributed by atoms with Gasteiger partial charge in [0, 0.05) is 0 Å². The van der Waals surface area contributed by atoms with Crippen LogP contribution in [-0.4, -0.2) is 136 Å². The summed E-state index contributed by atoms with van der Waals surface area (Å²) in [6.45, 7) is 0. The summed E-state index contributed by atoms with van der Waals surface area (Å²) < 4.78 is 17.1. The van der Waals surface area contributed by atoms with E-state index in [0.29, 0.717) is 0 Å². The second kappa shape index (κ2) is 25.1. The monoisotopic (exact) mass is 610 g/mol. The Morgan fingerprint density at radius 2 is 0.400 bits per heavy atom. The summed E-state index contributed by atoms with van der Waals surface area (Å²) in [4.78, 5) is 51.3. The minimum atomic E-state index is -5.39. The van der Waals surface area contributed by atoms with E-state index in [1.165, 1.54) is 0 Å². The van der Waals surface area contributed by atoms with Crippen molar-refractivity contribution in [2.45, 2.75) is 0 Å². The zero-order valence-electron chi connectivity index (χ0n) is 13.2. The predicted molar refractivity (Wildman–Crippen MR) is 85.4 cm³/mol. The molecule has 25 heavy (non-hydrogen) atoms. The molecular weight excluding hydrogens is 597 g/mol. The van der Waals surface area contributed by atoms with E-state index in [4.69, 9.17) is 38.5 Å². The third-order valence-electron chi connectivity index (χ3n) is 1.33. The molecule has 2 rings (SSSR count). The first-order chi connectivity index (χ1) is 10.0. The molecule has 0 bridgehead atoms. The summed E-state index contributed by atoms with van der Waals surface area (Å²) in [5.41, 5.74) is 0. The fourth-order valence-electron chi connectivity index (χ4n) is 0.770. The van der Waals surface area contributed by atoms with Crippen molar-refractivity contribution in [2.24, 2.45) is 0 Å². The summed E-state index contributed by atoms with van der Waals surface area (Å²) in [6, 6.07) is 24.0. The minimum absolute atomic E-state index is 0. The molecule has 2 aromatic rings. The Labute approximate surface area is 258 Å². The van der Waals surface area contributed by atoms with Gasteiger partial charge in [0.15, 0.2) is 0 Å². The molecule has 0 amide bonds. The Morgan fingerprint density at radius 3 is 0.440 bits per heavy atom. The number of hydrogen-bond acceptors (Lipinski definition) is 8. The largest absolute Gasteiger partial charge is 2.00 e. The van der Waals surface area contributed by atoms with E-state index < -0.39 is 15.6 Å². The van der Waals surface area contributed by atoms with Crippen LogP contribution in [0, 0.1) is 0 Å². The zero-order valence-corrected chi connectivity index (χ0v) is 25.4. The molecule has 0 atom stereocenters. The van der Waals surface area contributed by atoms with E-state index in [-0.39, 0.29) is 136 Å². The van der Waals surface area contributed by atoms with Gasteiger partial charge in [-0.1, -0.05) is 72.8 Å². The third-order valence-corrected chi connectivity index (χ3v) is 1.33. The third kappa shape index (κ3) is 74.9. The smallest absolute Gasteiger partial charge is 0.822 e. The molecule has 0 fully saturated rings. The van der Waals surface area contributed by atoms with E-state index in [1.54, 1.807) is 0 Å². The van der Waals surface area contributed by atoms with E-state index in [0.717, 1.165) is 0 Å². The average Bonchev–Trinajstić information content (AvgIpc) is 2.40. The first-order valence-electron chi connectivity index (χ1n) is 5.46. The van der Waals surface area contributed by atoms with Crippen LogP contribution in [0.1, 0.15) is 0 Å². The molecule has 0 N–H and O–H groups in total. The molecule has 8 nitrogen and oxygen atoms in total. The molecule has 2 aromatic carbocycles. The first kappa shape index (κ1) is 38.7. The molecule has 13 heteroatoms. The van der Waals surface area contributed by atoms with Gasteiger partial charge in [-0.3, -0.25) is 0 Å². The van der Waals surface area contributed by atoms with Crippen LogP contribution < -0.4 is 29.4 Å². The molecule has 0 saturated carbocycles. The fourth-order valence-corrected chi connectivity index (χ4v) is 0.770. The van der Waals surface area contributed by atoms with Crippen molar-refractivity contribution in [1.82, 2.24) is 0 Å². The van der Waals surface area contributed by atoms with Crippen LogP contribution in [0.25, 0.3) is 0 Å². The number of benzene rings is 2. The Balaban J connectivity index is -0.0000000688. The molecule has 0 saturated heterocycles. The normalized spacial score (nSPS) is 8.56. The van der Waals surface area contributed by atoms with Crippen LogP contribution in [-0.2, 0) is 9.13 Å². The molecular formula is C12H12O8P2Sr3. The van der Waals surface area contributed by atoms with Gasteiger partial charge in [0.1, 0.15) is 0 Å². The van der Waals surface area contributed by atoms with Gasteiger partial charge in [-0.15, -0.1) is 0 Å². The number of phosphoric acid groups is 2. The van der Waals surface area contributed by atoms with Crippen LogP contribution in [0.5, 0.6) is 0 Å². The number of hydrogen-bond donors (Lipinski definition) is 0. The van der Waals surface area contributed by atoms with E-state index in [9.17, 15) is 0 Å². The van der Waals surface area contributed by atoms with E-state index in [2.05, 4.69) is 0 Å². The van der Waals surface area contributed by atoms with Crippen LogP contribution in [0.15, 0.2) is 72.8 Å². The molecule has 0 aliphatic rings. The maximum Gasteiger partial charge on any atom is 2.00 e. The van der Waals surface area contributed by atoms with Gasteiger partial charge in [-0.25, -0.2) is 0 Å². The average molecular weight is 609 g/mol. The van der Waals surface area contributed by atoms with Crippen molar-refractivity contribution >= 4 is 152 Å². The molecule has 0 heterocycles. The van der Waals surface area contributed by atoms with Gasteiger partial charge in [0.05, 0.1) is 0 Å². The fraction of sp³-hybridized carbons (Fsp3) is 0. The van der Waals surface area contributed by atoms with Crippen LogP contribution >= 0.6 is 15.6 Å². The maximum absolute atomic E-state index is 8.55. The molecule has 0 unspecified atom stereocenters. The first-order valence-corrected chi connectivity index (χ1v) is 8.38. The Morgan fingerprint density at radius 1 is 0.360 bits per heavy atom. The van der Waals surface area contributed by atoms with Crippen molar-refractivity contribution in [3.63, 3.8) is 0 Å². The van der Waals surface area contributed by atoms with Crippen LogP contribution in [0.4, 0.5) is 0 Å². The Hall–Kier alpha value is 3.10. The standard InChI is InChI=1S/2C6H6.2H3O4P.3Sr/c2*1-2-4-6-5-3-1;2*1-5(2,3)4;;;/h2*1-6H;2*(H3,1,2,3,4);;;/q;;;;3*+2/p-6. The molecule has 0 aromatic heterocycles. The summed E-state index contributed by atoms with van der Waals surface area (Å²) in [5, 5.41) is 0. The van der Waals surface area contributed by atoms with Crippen LogP contribution in [0.2, 0.25) is 0 Å². The maximum atomic E-state index is 8.55. The van der Waals surface area contributed by atoms with Gasteiger partial charge < -0.3 is 38.5 Å². The van der Waals surface area contributed by atoms with Crippen LogP contribution in [0.3, 0.4) is 0 Å². The Bertz CT molecular complexity index is 429.